The fourth-order valence-corrected chi connectivity index (χ4v) is 3.75. The smallest absolute Gasteiger partial charge is 0.387 e. The zero-order valence-corrected chi connectivity index (χ0v) is 20.6. The van der Waals surface area contributed by atoms with Crippen LogP contribution < -0.4 is 20.1 Å². The maximum absolute atomic E-state index is 12.8. The monoisotopic (exact) mass is 567 g/mol. The van der Waals surface area contributed by atoms with Crippen LogP contribution in [0.5, 0.6) is 11.5 Å². The van der Waals surface area contributed by atoms with Crippen molar-refractivity contribution in [1.82, 2.24) is 10.6 Å². The van der Waals surface area contributed by atoms with Crippen LogP contribution in [0.25, 0.3) is 0 Å². The molecule has 2 aromatic rings. The number of guanidine groups is 1. The van der Waals surface area contributed by atoms with Crippen molar-refractivity contribution in [2.45, 2.75) is 25.8 Å². The highest BCUT2D eigenvalue weighted by atomic mass is 127. The Balaban J connectivity index is 0.00000480. The largest absolute Gasteiger partial charge is 0.490 e. The molecule has 1 unspecified atom stereocenters. The van der Waals surface area contributed by atoms with Gasteiger partial charge in [-0.3, -0.25) is 9.20 Å². The van der Waals surface area contributed by atoms with E-state index >= 15 is 0 Å². The van der Waals surface area contributed by atoms with E-state index in [0.29, 0.717) is 36.2 Å². The van der Waals surface area contributed by atoms with Crippen molar-refractivity contribution in [1.29, 1.82) is 0 Å². The molecule has 0 saturated carbocycles. The van der Waals surface area contributed by atoms with Crippen LogP contribution in [0, 0.1) is 0 Å². The van der Waals surface area contributed by atoms with Gasteiger partial charge in [0.25, 0.3) is 0 Å². The molecule has 31 heavy (non-hydrogen) atoms. The lowest BCUT2D eigenvalue weighted by atomic mass is 10.2. The molecular weight excluding hydrogens is 539 g/mol. The van der Waals surface area contributed by atoms with Crippen molar-refractivity contribution in [2.75, 3.05) is 26.0 Å². The highest BCUT2D eigenvalue weighted by molar-refractivity contribution is 14.0. The topological polar surface area (TPSA) is 72.0 Å². The second kappa shape index (κ2) is 15.0. The minimum atomic E-state index is -2.96. The van der Waals surface area contributed by atoms with Crippen molar-refractivity contribution in [3.8, 4) is 11.5 Å². The van der Waals surface area contributed by atoms with E-state index in [0.717, 1.165) is 5.56 Å². The van der Waals surface area contributed by atoms with E-state index in [4.69, 9.17) is 4.74 Å². The highest BCUT2D eigenvalue weighted by Gasteiger charge is 2.16. The molecule has 10 heteroatoms. The Kier molecular flexibility index (Phi) is 13.1. The number of nitrogens with one attached hydrogen (secondary N) is 2. The van der Waals surface area contributed by atoms with Crippen LogP contribution in [0.4, 0.5) is 8.78 Å². The molecule has 1 atom stereocenters. The molecule has 0 saturated heterocycles. The van der Waals surface area contributed by atoms with Crippen LogP contribution in [0.15, 0.2) is 53.5 Å². The van der Waals surface area contributed by atoms with E-state index in [9.17, 15) is 13.0 Å². The van der Waals surface area contributed by atoms with Gasteiger partial charge >= 0.3 is 6.61 Å². The Morgan fingerprint density at radius 3 is 2.52 bits per heavy atom. The summed E-state index contributed by atoms with van der Waals surface area (Å²) in [6.45, 7) is -0.194. The first-order valence-electron chi connectivity index (χ1n) is 9.56. The number of rotatable bonds is 11. The molecule has 2 aromatic carbocycles. The zero-order chi connectivity index (χ0) is 21.8. The van der Waals surface area contributed by atoms with Crippen LogP contribution in [-0.2, 0) is 23.1 Å². The third kappa shape index (κ3) is 9.81. The second-order valence-electron chi connectivity index (χ2n) is 6.18. The van der Waals surface area contributed by atoms with Gasteiger partial charge in [0.2, 0.25) is 0 Å². The van der Waals surface area contributed by atoms with E-state index in [2.05, 4.69) is 20.4 Å². The van der Waals surface area contributed by atoms with Gasteiger partial charge in [0.1, 0.15) is 0 Å². The van der Waals surface area contributed by atoms with Crippen LogP contribution in [0.1, 0.15) is 18.1 Å². The molecule has 0 bridgehead atoms. The van der Waals surface area contributed by atoms with Crippen molar-refractivity contribution in [2.24, 2.45) is 4.99 Å². The van der Waals surface area contributed by atoms with Crippen LogP contribution in [-0.4, -0.2) is 42.7 Å². The van der Waals surface area contributed by atoms with Gasteiger partial charge < -0.3 is 20.1 Å². The van der Waals surface area contributed by atoms with E-state index in [-0.39, 0.29) is 42.0 Å². The van der Waals surface area contributed by atoms with Gasteiger partial charge in [-0.1, -0.05) is 42.5 Å². The standard InChI is InChI=1S/C21H27F2N3O3S.HI/c1-3-28-18-11-7-10-17(19(18)29-20(22)23)14-26-21(24-2)25-12-13-30(27)15-16-8-5-4-6-9-16;/h4-11,20H,3,12-15H2,1-2H3,(H2,24,25,26);1H. The summed E-state index contributed by atoms with van der Waals surface area (Å²) in [7, 11) is 0.590. The lowest BCUT2D eigenvalue weighted by Gasteiger charge is -2.17. The quantitative estimate of drug-likeness (QED) is 0.245. The minimum absolute atomic E-state index is 0. The summed E-state index contributed by atoms with van der Waals surface area (Å²) in [5, 5.41) is 6.13. The van der Waals surface area contributed by atoms with Crippen molar-refractivity contribution in [3.05, 3.63) is 59.7 Å². The van der Waals surface area contributed by atoms with Crippen molar-refractivity contribution in [3.63, 3.8) is 0 Å². The number of para-hydroxylation sites is 1. The Hall–Kier alpha value is -1.95. The summed E-state index contributed by atoms with van der Waals surface area (Å²) in [5.74, 6) is 1.68. The minimum Gasteiger partial charge on any atom is -0.490 e. The molecule has 0 amide bonds. The fourth-order valence-electron chi connectivity index (χ4n) is 2.71. The van der Waals surface area contributed by atoms with Crippen LogP contribution >= 0.6 is 24.0 Å². The molecule has 2 N–H and O–H groups in total. The number of hydrogen-bond donors (Lipinski definition) is 2. The number of halogens is 3. The predicted octanol–water partition coefficient (Wildman–Crippen LogP) is 3.92. The molecule has 0 spiro atoms. The van der Waals surface area contributed by atoms with Gasteiger partial charge in [0.05, 0.1) is 6.61 Å². The zero-order valence-electron chi connectivity index (χ0n) is 17.5. The van der Waals surface area contributed by atoms with Gasteiger partial charge in [-0.25, -0.2) is 0 Å². The van der Waals surface area contributed by atoms with Gasteiger partial charge in [0.15, 0.2) is 17.5 Å². The molecule has 2 rings (SSSR count). The molecule has 0 aliphatic carbocycles. The van der Waals surface area contributed by atoms with E-state index < -0.39 is 17.4 Å². The molecule has 0 fully saturated rings. The fraction of sp³-hybridized carbons (Fsp3) is 0.381. The number of ether oxygens (including phenoxy) is 2. The lowest BCUT2D eigenvalue weighted by Crippen LogP contribution is -2.38. The van der Waals surface area contributed by atoms with Gasteiger partial charge in [-0.05, 0) is 18.6 Å². The second-order valence-corrected chi connectivity index (χ2v) is 7.76. The summed E-state index contributed by atoms with van der Waals surface area (Å²) in [4.78, 5) is 4.11. The Bertz CT molecular complexity index is 842. The molecule has 172 valence electrons. The summed E-state index contributed by atoms with van der Waals surface area (Å²) < 4.78 is 47.9. The van der Waals surface area contributed by atoms with Crippen molar-refractivity contribution < 1.29 is 22.5 Å². The van der Waals surface area contributed by atoms with Crippen LogP contribution in [0.3, 0.4) is 0 Å². The third-order valence-corrected chi connectivity index (χ3v) is 5.34. The first kappa shape index (κ1) is 27.1. The Morgan fingerprint density at radius 1 is 1.13 bits per heavy atom. The van der Waals surface area contributed by atoms with Gasteiger partial charge in [0, 0.05) is 48.0 Å². The SMILES string of the molecule is CCOc1cccc(CNC(=NC)NCCS(=O)Cc2ccccc2)c1OC(F)F.I. The predicted molar refractivity (Wildman–Crippen MR) is 131 cm³/mol. The average molecular weight is 567 g/mol. The molecule has 6 nitrogen and oxygen atoms in total. The molecule has 0 aliphatic rings. The van der Waals surface area contributed by atoms with E-state index in [1.807, 2.05) is 30.3 Å². The summed E-state index contributed by atoms with van der Waals surface area (Å²) in [6, 6.07) is 14.6. The maximum Gasteiger partial charge on any atom is 0.387 e. The maximum atomic E-state index is 12.8. The lowest BCUT2D eigenvalue weighted by molar-refractivity contribution is -0.0520. The molecule has 0 radical (unpaired) electrons. The molecular formula is C21H28F2IN3O3S. The first-order valence-corrected chi connectivity index (χ1v) is 11.0. The number of nitrogens with zero attached hydrogens (tertiary/aromatic N) is 1. The normalized spacial score (nSPS) is 12.1. The highest BCUT2D eigenvalue weighted by Crippen LogP contribution is 2.32. The summed E-state index contributed by atoms with van der Waals surface area (Å²) in [6.07, 6.45) is 0. The molecule has 0 aromatic heterocycles. The molecule has 0 aliphatic heterocycles. The van der Waals surface area contributed by atoms with E-state index in [1.54, 1.807) is 32.2 Å². The average Bonchev–Trinajstić information content (AvgIpc) is 2.73. The van der Waals surface area contributed by atoms with Crippen molar-refractivity contribution >= 4 is 40.7 Å². The molecule has 0 heterocycles. The number of hydrogen-bond acceptors (Lipinski definition) is 4. The number of aliphatic imine (C=N–C) groups is 1. The number of alkyl halides is 2. The van der Waals surface area contributed by atoms with Gasteiger partial charge in [-0.2, -0.15) is 8.78 Å². The third-order valence-electron chi connectivity index (χ3n) is 4.03. The van der Waals surface area contributed by atoms with Gasteiger partial charge in [-0.15, -0.1) is 24.0 Å². The number of benzene rings is 2. The summed E-state index contributed by atoms with van der Waals surface area (Å²) >= 11 is 0. The van der Waals surface area contributed by atoms with E-state index in [1.165, 1.54) is 0 Å². The van der Waals surface area contributed by atoms with Crippen LogP contribution in [0.2, 0.25) is 0 Å². The Labute approximate surface area is 201 Å². The first-order chi connectivity index (χ1) is 14.5. The summed E-state index contributed by atoms with van der Waals surface area (Å²) in [5.41, 5.74) is 1.54. The Morgan fingerprint density at radius 2 is 1.87 bits per heavy atom.